The molecule has 1 N–H and O–H groups in total. The summed E-state index contributed by atoms with van der Waals surface area (Å²) in [5.74, 6) is 0.711. The van der Waals surface area contributed by atoms with E-state index >= 15 is 0 Å². The molecule has 0 aromatic carbocycles. The van der Waals surface area contributed by atoms with Gasteiger partial charge in [-0.3, -0.25) is 4.90 Å². The second kappa shape index (κ2) is 6.24. The van der Waals surface area contributed by atoms with Gasteiger partial charge in [-0.15, -0.1) is 0 Å². The van der Waals surface area contributed by atoms with E-state index in [0.29, 0.717) is 12.5 Å². The highest BCUT2D eigenvalue weighted by Gasteiger charge is 2.37. The number of nitrogens with zero attached hydrogens (tertiary/aromatic N) is 1. The number of hydrogen-bond acceptors (Lipinski definition) is 2. The molecule has 1 fully saturated rings. The highest BCUT2D eigenvalue weighted by molar-refractivity contribution is 4.88. The van der Waals surface area contributed by atoms with Gasteiger partial charge in [0.15, 0.2) is 0 Å². The largest absolute Gasteiger partial charge is 0.401 e. The normalized spacial score (nSPS) is 29.8. The Bertz CT molecular complexity index is 245. The molecule has 5 heteroatoms. The Morgan fingerprint density at radius 1 is 1.28 bits per heavy atom. The molecule has 0 heterocycles. The maximum absolute atomic E-state index is 12.4. The van der Waals surface area contributed by atoms with Crippen LogP contribution in [-0.4, -0.2) is 44.8 Å². The van der Waals surface area contributed by atoms with Crippen LogP contribution in [0.2, 0.25) is 0 Å². The van der Waals surface area contributed by atoms with Gasteiger partial charge >= 0.3 is 6.18 Å². The fraction of sp³-hybridized carbons (Fsp3) is 1.00. The van der Waals surface area contributed by atoms with E-state index in [4.69, 9.17) is 0 Å². The Morgan fingerprint density at radius 2 is 1.83 bits per heavy atom. The van der Waals surface area contributed by atoms with Crippen molar-refractivity contribution in [2.45, 2.75) is 38.8 Å². The third-order valence-corrected chi connectivity index (χ3v) is 3.94. The molecule has 0 aromatic heterocycles. The van der Waals surface area contributed by atoms with E-state index in [0.717, 1.165) is 32.2 Å². The van der Waals surface area contributed by atoms with E-state index in [2.05, 4.69) is 12.2 Å². The summed E-state index contributed by atoms with van der Waals surface area (Å²) in [7, 11) is 3.45. The Balaban J connectivity index is 2.57. The van der Waals surface area contributed by atoms with E-state index < -0.39 is 12.7 Å². The minimum atomic E-state index is -4.10. The van der Waals surface area contributed by atoms with Crippen LogP contribution in [0.15, 0.2) is 0 Å². The SMILES string of the molecule is CNCC1(CN(C)CC(F)(F)F)CCC(C)CC1. The molecule has 1 aliphatic rings. The molecule has 0 saturated heterocycles. The Morgan fingerprint density at radius 3 is 2.28 bits per heavy atom. The molecule has 0 radical (unpaired) electrons. The van der Waals surface area contributed by atoms with Crippen molar-refractivity contribution in [3.05, 3.63) is 0 Å². The van der Waals surface area contributed by atoms with Crippen LogP contribution in [0.4, 0.5) is 13.2 Å². The first-order valence-corrected chi connectivity index (χ1v) is 6.66. The fourth-order valence-corrected chi connectivity index (χ4v) is 3.07. The van der Waals surface area contributed by atoms with Crippen molar-refractivity contribution < 1.29 is 13.2 Å². The van der Waals surface area contributed by atoms with E-state index in [1.165, 1.54) is 4.90 Å². The Kier molecular flexibility index (Phi) is 5.46. The molecule has 0 aliphatic heterocycles. The standard InChI is InChI=1S/C13H25F3N2/c1-11-4-6-12(7-5-11,8-17-2)9-18(3)10-13(14,15)16/h11,17H,4-10H2,1-3H3. The van der Waals surface area contributed by atoms with Crippen LogP contribution in [0.1, 0.15) is 32.6 Å². The highest BCUT2D eigenvalue weighted by atomic mass is 19.4. The fourth-order valence-electron chi connectivity index (χ4n) is 3.07. The zero-order chi connectivity index (χ0) is 13.8. The summed E-state index contributed by atoms with van der Waals surface area (Å²) in [6.07, 6.45) is 0.203. The lowest BCUT2D eigenvalue weighted by molar-refractivity contribution is -0.146. The topological polar surface area (TPSA) is 15.3 Å². The Hall–Kier alpha value is -0.290. The van der Waals surface area contributed by atoms with Gasteiger partial charge in [-0.05, 0) is 38.3 Å². The van der Waals surface area contributed by atoms with Crippen molar-refractivity contribution in [3.63, 3.8) is 0 Å². The minimum Gasteiger partial charge on any atom is -0.319 e. The molecule has 1 aliphatic carbocycles. The molecule has 0 unspecified atom stereocenters. The molecule has 1 saturated carbocycles. The summed E-state index contributed by atoms with van der Waals surface area (Å²) in [5, 5.41) is 3.15. The third kappa shape index (κ3) is 5.14. The average Bonchev–Trinajstić information content (AvgIpc) is 2.20. The number of nitrogens with one attached hydrogen (secondary N) is 1. The summed E-state index contributed by atoms with van der Waals surface area (Å²) < 4.78 is 37.1. The van der Waals surface area contributed by atoms with Crippen LogP contribution in [0.25, 0.3) is 0 Å². The van der Waals surface area contributed by atoms with E-state index in [1.807, 2.05) is 7.05 Å². The predicted octanol–water partition coefficient (Wildman–Crippen LogP) is 2.90. The molecule has 0 bridgehead atoms. The van der Waals surface area contributed by atoms with Gasteiger partial charge in [-0.25, -0.2) is 0 Å². The van der Waals surface area contributed by atoms with Gasteiger partial charge in [-0.1, -0.05) is 19.8 Å². The first-order chi connectivity index (χ1) is 8.26. The molecule has 0 atom stereocenters. The van der Waals surface area contributed by atoms with Gasteiger partial charge < -0.3 is 5.32 Å². The Labute approximate surface area is 108 Å². The second-order valence-corrected chi connectivity index (χ2v) is 6.00. The highest BCUT2D eigenvalue weighted by Crippen LogP contribution is 2.39. The van der Waals surface area contributed by atoms with Crippen molar-refractivity contribution in [2.75, 3.05) is 33.7 Å². The maximum Gasteiger partial charge on any atom is 0.401 e. The van der Waals surface area contributed by atoms with E-state index in [1.54, 1.807) is 7.05 Å². The molecule has 1 rings (SSSR count). The minimum absolute atomic E-state index is 0.0151. The van der Waals surface area contributed by atoms with Crippen molar-refractivity contribution in [3.8, 4) is 0 Å². The molecular weight excluding hydrogens is 241 g/mol. The van der Waals surface area contributed by atoms with Crippen LogP contribution < -0.4 is 5.32 Å². The lowest BCUT2D eigenvalue weighted by Gasteiger charge is -2.42. The average molecular weight is 266 g/mol. The van der Waals surface area contributed by atoms with Crippen LogP contribution in [0, 0.1) is 11.3 Å². The quantitative estimate of drug-likeness (QED) is 0.823. The van der Waals surface area contributed by atoms with Crippen molar-refractivity contribution in [2.24, 2.45) is 11.3 Å². The lowest BCUT2D eigenvalue weighted by Crippen LogP contribution is -2.46. The summed E-state index contributed by atoms with van der Waals surface area (Å²) >= 11 is 0. The van der Waals surface area contributed by atoms with Gasteiger partial charge in [0.25, 0.3) is 0 Å². The zero-order valence-corrected chi connectivity index (χ0v) is 11.6. The summed E-state index contributed by atoms with van der Waals surface area (Å²) in [5.41, 5.74) is 0.0151. The van der Waals surface area contributed by atoms with E-state index in [-0.39, 0.29) is 5.41 Å². The summed E-state index contributed by atoms with van der Waals surface area (Å²) in [6, 6.07) is 0. The second-order valence-electron chi connectivity index (χ2n) is 6.00. The number of alkyl halides is 3. The van der Waals surface area contributed by atoms with Crippen LogP contribution in [0.3, 0.4) is 0 Å². The zero-order valence-electron chi connectivity index (χ0n) is 11.6. The predicted molar refractivity (Wildman–Crippen MR) is 67.5 cm³/mol. The third-order valence-electron chi connectivity index (χ3n) is 3.94. The first kappa shape index (κ1) is 15.8. The van der Waals surface area contributed by atoms with Crippen LogP contribution in [0.5, 0.6) is 0 Å². The van der Waals surface area contributed by atoms with Crippen LogP contribution >= 0.6 is 0 Å². The number of hydrogen-bond donors (Lipinski definition) is 1. The number of rotatable bonds is 5. The summed E-state index contributed by atoms with van der Waals surface area (Å²) in [6.45, 7) is 2.75. The van der Waals surface area contributed by atoms with Gasteiger partial charge in [0.1, 0.15) is 0 Å². The van der Waals surface area contributed by atoms with E-state index in [9.17, 15) is 13.2 Å². The van der Waals surface area contributed by atoms with Gasteiger partial charge in [0.05, 0.1) is 6.54 Å². The smallest absolute Gasteiger partial charge is 0.319 e. The van der Waals surface area contributed by atoms with Crippen LogP contribution in [-0.2, 0) is 0 Å². The lowest BCUT2D eigenvalue weighted by atomic mass is 9.70. The molecule has 0 amide bonds. The maximum atomic E-state index is 12.4. The van der Waals surface area contributed by atoms with Gasteiger partial charge in [-0.2, -0.15) is 13.2 Å². The summed E-state index contributed by atoms with van der Waals surface area (Å²) in [4.78, 5) is 1.42. The van der Waals surface area contributed by atoms with Crippen molar-refractivity contribution in [1.29, 1.82) is 0 Å². The molecule has 108 valence electrons. The molecule has 2 nitrogen and oxygen atoms in total. The van der Waals surface area contributed by atoms with Gasteiger partial charge in [0, 0.05) is 13.1 Å². The first-order valence-electron chi connectivity index (χ1n) is 6.66. The molecule has 18 heavy (non-hydrogen) atoms. The molecular formula is C13H25F3N2. The number of halogens is 3. The molecule has 0 aromatic rings. The van der Waals surface area contributed by atoms with Crippen molar-refractivity contribution >= 4 is 0 Å². The van der Waals surface area contributed by atoms with Crippen molar-refractivity contribution in [1.82, 2.24) is 10.2 Å². The van der Waals surface area contributed by atoms with Gasteiger partial charge in [0.2, 0.25) is 0 Å². The monoisotopic (exact) mass is 266 g/mol. The molecule has 0 spiro atoms.